The molecule has 1 aromatic rings. The third kappa shape index (κ3) is 3.68. The molecule has 0 aliphatic rings. The number of benzene rings is 1. The fraction of sp³-hybridized carbons (Fsp3) is 0.625. The molecule has 1 rings (SSSR count). The molecular weight excluding hydrogens is 296 g/mol. The smallest absolute Gasteiger partial charge is 0.165 e. The summed E-state index contributed by atoms with van der Waals surface area (Å²) in [7, 11) is -1.38. The minimum Gasteiger partial charge on any atom is -0.203 e. The first-order valence-electron chi connectivity index (χ1n) is 7.65. The Labute approximate surface area is 125 Å². The van der Waals surface area contributed by atoms with Crippen LogP contribution in [0.3, 0.4) is 0 Å². The fourth-order valence-electron chi connectivity index (χ4n) is 2.93. The van der Waals surface area contributed by atoms with E-state index in [9.17, 15) is 17.6 Å². The van der Waals surface area contributed by atoms with Gasteiger partial charge in [-0.15, -0.1) is 0 Å². The largest absolute Gasteiger partial charge is 0.203 e. The molecule has 1 aromatic carbocycles. The molecule has 0 aliphatic heterocycles. The minimum absolute atomic E-state index is 0.0561. The molecule has 0 amide bonds. The number of halogens is 4. The van der Waals surface area contributed by atoms with Crippen LogP contribution in [0, 0.1) is 30.2 Å². The molecule has 120 valence electrons. The van der Waals surface area contributed by atoms with Crippen molar-refractivity contribution < 1.29 is 17.6 Å². The molecule has 0 bridgehead atoms. The van der Waals surface area contributed by atoms with Gasteiger partial charge >= 0.3 is 0 Å². The average molecular weight is 320 g/mol. The molecule has 0 fully saturated rings. The second kappa shape index (κ2) is 7.43. The molecule has 0 saturated carbocycles. The van der Waals surface area contributed by atoms with Gasteiger partial charge in [0, 0.05) is 11.1 Å². The van der Waals surface area contributed by atoms with Gasteiger partial charge in [0.15, 0.2) is 23.3 Å². The minimum atomic E-state index is -1.38. The Bertz CT molecular complexity index is 458. The van der Waals surface area contributed by atoms with Gasteiger partial charge in [-0.2, -0.15) is 0 Å². The van der Waals surface area contributed by atoms with Crippen LogP contribution in [0.1, 0.15) is 38.3 Å². The van der Waals surface area contributed by atoms with Crippen LogP contribution in [-0.2, 0) is 6.42 Å². The van der Waals surface area contributed by atoms with Crippen LogP contribution in [-0.4, -0.2) is 8.07 Å². The van der Waals surface area contributed by atoms with Crippen molar-refractivity contribution in [2.24, 2.45) is 0 Å². The van der Waals surface area contributed by atoms with Gasteiger partial charge in [0.05, 0.1) is 8.07 Å². The summed E-state index contributed by atoms with van der Waals surface area (Å²) in [6.45, 7) is 7.52. The predicted molar refractivity (Wildman–Crippen MR) is 81.3 cm³/mol. The molecule has 0 radical (unpaired) electrons. The van der Waals surface area contributed by atoms with Gasteiger partial charge in [-0.3, -0.25) is 0 Å². The second-order valence-corrected chi connectivity index (χ2v) is 11.4. The monoisotopic (exact) mass is 320 g/mol. The van der Waals surface area contributed by atoms with Crippen molar-refractivity contribution in [3.8, 4) is 0 Å². The van der Waals surface area contributed by atoms with Gasteiger partial charge in [-0.25, -0.2) is 17.6 Å². The van der Waals surface area contributed by atoms with E-state index in [1.54, 1.807) is 0 Å². The molecule has 0 saturated heterocycles. The molecule has 0 heterocycles. The summed E-state index contributed by atoms with van der Waals surface area (Å²) in [5.74, 6) is -5.01. The SMILES string of the molecule is CC[Si](CC)(CC)CCCc1c(F)c(F)c(C)c(F)c1F. The standard InChI is InChI=1S/C16H24F4Si/c1-5-21(6-2,7-3)10-8-9-12-15(19)13(17)11(4)14(18)16(12)20/h5-10H2,1-4H3. The first-order chi connectivity index (χ1) is 9.83. The molecule has 0 aromatic heterocycles. The number of hydrogen-bond donors (Lipinski definition) is 0. The summed E-state index contributed by atoms with van der Waals surface area (Å²) in [6.07, 6.45) is 0.637. The van der Waals surface area contributed by atoms with Gasteiger partial charge < -0.3 is 0 Å². The zero-order chi connectivity index (χ0) is 16.2. The molecule has 0 atom stereocenters. The van der Waals surface area contributed by atoms with Crippen molar-refractivity contribution in [1.82, 2.24) is 0 Å². The van der Waals surface area contributed by atoms with E-state index in [4.69, 9.17) is 0 Å². The quantitative estimate of drug-likeness (QED) is 0.329. The van der Waals surface area contributed by atoms with Gasteiger partial charge in [0.2, 0.25) is 0 Å². The highest BCUT2D eigenvalue weighted by atomic mass is 28.3. The lowest BCUT2D eigenvalue weighted by Crippen LogP contribution is -2.31. The normalized spacial score (nSPS) is 12.0. The van der Waals surface area contributed by atoms with E-state index in [-0.39, 0.29) is 6.42 Å². The average Bonchev–Trinajstić information content (AvgIpc) is 2.51. The number of hydrogen-bond acceptors (Lipinski definition) is 0. The van der Waals surface area contributed by atoms with Gasteiger partial charge in [0.1, 0.15) is 0 Å². The lowest BCUT2D eigenvalue weighted by molar-refractivity contribution is 0.430. The highest BCUT2D eigenvalue weighted by Crippen LogP contribution is 2.29. The lowest BCUT2D eigenvalue weighted by atomic mass is 10.0. The van der Waals surface area contributed by atoms with Crippen molar-refractivity contribution in [3.05, 3.63) is 34.4 Å². The van der Waals surface area contributed by atoms with Crippen LogP contribution in [0.15, 0.2) is 0 Å². The highest BCUT2D eigenvalue weighted by Gasteiger charge is 2.27. The maximum Gasteiger partial charge on any atom is 0.165 e. The maximum atomic E-state index is 13.8. The van der Waals surface area contributed by atoms with Crippen molar-refractivity contribution in [3.63, 3.8) is 0 Å². The van der Waals surface area contributed by atoms with Crippen LogP contribution in [0.5, 0.6) is 0 Å². The van der Waals surface area contributed by atoms with E-state index < -0.39 is 42.5 Å². The first kappa shape index (κ1) is 18.2. The molecular formula is C16H24F4Si. The first-order valence-corrected chi connectivity index (χ1v) is 10.5. The summed E-state index contributed by atoms with van der Waals surface area (Å²) >= 11 is 0. The Balaban J connectivity index is 2.91. The summed E-state index contributed by atoms with van der Waals surface area (Å²) in [6, 6.07) is 4.32. The van der Waals surface area contributed by atoms with Crippen LogP contribution in [0.2, 0.25) is 24.2 Å². The maximum absolute atomic E-state index is 13.8. The van der Waals surface area contributed by atoms with E-state index in [2.05, 4.69) is 20.8 Å². The zero-order valence-electron chi connectivity index (χ0n) is 13.3. The van der Waals surface area contributed by atoms with Crippen LogP contribution >= 0.6 is 0 Å². The van der Waals surface area contributed by atoms with Crippen molar-refractivity contribution in [2.75, 3.05) is 0 Å². The fourth-order valence-corrected chi connectivity index (χ4v) is 6.41. The van der Waals surface area contributed by atoms with Gasteiger partial charge in [0.25, 0.3) is 0 Å². The van der Waals surface area contributed by atoms with Crippen LogP contribution in [0.4, 0.5) is 17.6 Å². The summed E-state index contributed by atoms with van der Waals surface area (Å²) in [5, 5.41) is 0. The summed E-state index contributed by atoms with van der Waals surface area (Å²) in [5.41, 5.74) is -1.03. The van der Waals surface area contributed by atoms with Crippen molar-refractivity contribution in [2.45, 2.75) is 64.7 Å². The third-order valence-electron chi connectivity index (χ3n) is 4.96. The molecule has 21 heavy (non-hydrogen) atoms. The third-order valence-corrected chi connectivity index (χ3v) is 10.9. The van der Waals surface area contributed by atoms with E-state index in [1.807, 2.05) is 0 Å². The molecule has 0 nitrogen and oxygen atoms in total. The van der Waals surface area contributed by atoms with E-state index in [0.717, 1.165) is 31.1 Å². The second-order valence-electron chi connectivity index (χ2n) is 5.77. The lowest BCUT2D eigenvalue weighted by Gasteiger charge is -2.28. The van der Waals surface area contributed by atoms with E-state index >= 15 is 0 Å². The Morgan fingerprint density at radius 1 is 0.762 bits per heavy atom. The molecule has 0 unspecified atom stereocenters. The van der Waals surface area contributed by atoms with Crippen LogP contribution in [0.25, 0.3) is 0 Å². The molecule has 0 aliphatic carbocycles. The predicted octanol–water partition coefficient (Wildman–Crippen LogP) is 5.99. The molecule has 0 spiro atoms. The van der Waals surface area contributed by atoms with Gasteiger partial charge in [-0.1, -0.05) is 51.4 Å². The summed E-state index contributed by atoms with van der Waals surface area (Å²) < 4.78 is 54.6. The topological polar surface area (TPSA) is 0 Å². The van der Waals surface area contributed by atoms with Crippen molar-refractivity contribution in [1.29, 1.82) is 0 Å². The Morgan fingerprint density at radius 2 is 1.19 bits per heavy atom. The van der Waals surface area contributed by atoms with Crippen molar-refractivity contribution >= 4 is 8.07 Å². The Kier molecular flexibility index (Phi) is 6.44. The number of rotatable bonds is 7. The summed E-state index contributed by atoms with van der Waals surface area (Å²) in [4.78, 5) is 0. The van der Waals surface area contributed by atoms with E-state index in [1.165, 1.54) is 0 Å². The highest BCUT2D eigenvalue weighted by molar-refractivity contribution is 6.79. The Hall–Kier alpha value is -0.843. The van der Waals surface area contributed by atoms with Crippen LogP contribution < -0.4 is 0 Å². The van der Waals surface area contributed by atoms with Gasteiger partial charge in [-0.05, 0) is 13.3 Å². The molecule has 5 heteroatoms. The Morgan fingerprint density at radius 3 is 1.57 bits per heavy atom. The van der Waals surface area contributed by atoms with E-state index in [0.29, 0.717) is 6.42 Å². The molecule has 0 N–H and O–H groups in total. The zero-order valence-corrected chi connectivity index (χ0v) is 14.3.